The van der Waals surface area contributed by atoms with Crippen molar-refractivity contribution in [2.24, 2.45) is 0 Å². The van der Waals surface area contributed by atoms with E-state index in [1.165, 1.54) is 57.8 Å². The fourth-order valence-electron chi connectivity index (χ4n) is 5.88. The molecule has 0 saturated carbocycles. The van der Waals surface area contributed by atoms with E-state index in [4.69, 9.17) is 14.2 Å². The van der Waals surface area contributed by atoms with Crippen molar-refractivity contribution in [2.45, 2.75) is 213 Å². The van der Waals surface area contributed by atoms with Gasteiger partial charge in [-0.3, -0.25) is 14.4 Å². The summed E-state index contributed by atoms with van der Waals surface area (Å²) in [5.74, 6) is -0.929. The summed E-state index contributed by atoms with van der Waals surface area (Å²) in [5.41, 5.74) is 0. The van der Waals surface area contributed by atoms with Gasteiger partial charge in [0.25, 0.3) is 0 Å². The summed E-state index contributed by atoms with van der Waals surface area (Å²) in [7, 11) is 0. The van der Waals surface area contributed by atoms with Gasteiger partial charge < -0.3 is 14.2 Å². The highest BCUT2D eigenvalue weighted by Gasteiger charge is 2.19. The van der Waals surface area contributed by atoms with E-state index >= 15 is 0 Å². The van der Waals surface area contributed by atoms with Crippen molar-refractivity contribution in [3.05, 3.63) is 60.8 Å². The van der Waals surface area contributed by atoms with E-state index in [-0.39, 0.29) is 31.1 Å². The molecular weight excluding hydrogens is 673 g/mol. The van der Waals surface area contributed by atoms with Crippen LogP contribution >= 0.6 is 0 Å². The predicted molar refractivity (Wildman–Crippen MR) is 228 cm³/mol. The molecule has 0 fully saturated rings. The Hall–Kier alpha value is -2.89. The number of carbonyl (C=O) groups is 3. The van der Waals surface area contributed by atoms with Gasteiger partial charge in [-0.25, -0.2) is 0 Å². The van der Waals surface area contributed by atoms with Crippen molar-refractivity contribution in [3.63, 3.8) is 0 Å². The van der Waals surface area contributed by atoms with Crippen LogP contribution in [0.2, 0.25) is 0 Å². The Bertz CT molecular complexity index is 1010. The van der Waals surface area contributed by atoms with Gasteiger partial charge >= 0.3 is 17.9 Å². The monoisotopic (exact) mass is 755 g/mol. The number of unbranched alkanes of at least 4 members (excludes halogenated alkanes) is 18. The van der Waals surface area contributed by atoms with Gasteiger partial charge in [-0.15, -0.1) is 0 Å². The molecule has 0 bridgehead atoms. The molecule has 0 N–H and O–H groups in total. The van der Waals surface area contributed by atoms with Gasteiger partial charge in [0.15, 0.2) is 6.10 Å². The molecule has 6 heteroatoms. The van der Waals surface area contributed by atoms with E-state index in [1.54, 1.807) is 0 Å². The maximum absolute atomic E-state index is 12.7. The average Bonchev–Trinajstić information content (AvgIpc) is 3.17. The molecule has 0 amide bonds. The Morgan fingerprint density at radius 3 is 1.20 bits per heavy atom. The smallest absolute Gasteiger partial charge is 0.306 e. The summed E-state index contributed by atoms with van der Waals surface area (Å²) in [6, 6.07) is 0. The summed E-state index contributed by atoms with van der Waals surface area (Å²) >= 11 is 0. The fourth-order valence-corrected chi connectivity index (χ4v) is 5.88. The van der Waals surface area contributed by atoms with Gasteiger partial charge in [0.2, 0.25) is 0 Å². The molecule has 0 rings (SSSR count). The minimum absolute atomic E-state index is 0.0854. The maximum atomic E-state index is 12.7. The Morgan fingerprint density at radius 1 is 0.389 bits per heavy atom. The molecule has 54 heavy (non-hydrogen) atoms. The first-order valence-electron chi connectivity index (χ1n) is 22.3. The zero-order chi connectivity index (χ0) is 39.4. The third kappa shape index (κ3) is 40.3. The van der Waals surface area contributed by atoms with Crippen molar-refractivity contribution >= 4 is 17.9 Å². The van der Waals surface area contributed by atoms with E-state index in [1.807, 2.05) is 0 Å². The summed E-state index contributed by atoms with van der Waals surface area (Å²) in [6.45, 7) is 6.41. The number of carbonyl (C=O) groups excluding carboxylic acids is 3. The predicted octanol–water partition coefficient (Wildman–Crippen LogP) is 14.1. The van der Waals surface area contributed by atoms with Crippen molar-refractivity contribution in [3.8, 4) is 0 Å². The second-order valence-corrected chi connectivity index (χ2v) is 14.6. The molecule has 310 valence electrons. The van der Waals surface area contributed by atoms with E-state index < -0.39 is 6.10 Å². The van der Waals surface area contributed by atoms with Crippen LogP contribution < -0.4 is 0 Å². The highest BCUT2D eigenvalue weighted by Crippen LogP contribution is 2.13. The van der Waals surface area contributed by atoms with Crippen LogP contribution in [0.15, 0.2) is 60.8 Å². The van der Waals surface area contributed by atoms with Crippen molar-refractivity contribution in [2.75, 3.05) is 13.2 Å². The number of ether oxygens (including phenoxy) is 3. The lowest BCUT2D eigenvalue weighted by molar-refractivity contribution is -0.167. The molecular formula is C48H82O6. The summed E-state index contributed by atoms with van der Waals surface area (Å²) < 4.78 is 16.6. The number of hydrogen-bond donors (Lipinski definition) is 0. The van der Waals surface area contributed by atoms with Crippen molar-refractivity contribution < 1.29 is 28.6 Å². The Balaban J connectivity index is 4.38. The highest BCUT2D eigenvalue weighted by atomic mass is 16.6. The van der Waals surface area contributed by atoms with Crippen LogP contribution in [-0.4, -0.2) is 37.2 Å². The third-order valence-electron chi connectivity index (χ3n) is 9.26. The van der Waals surface area contributed by atoms with E-state index in [2.05, 4.69) is 81.5 Å². The quantitative estimate of drug-likeness (QED) is 0.0269. The molecule has 0 aliphatic heterocycles. The Labute approximate surface area is 332 Å². The van der Waals surface area contributed by atoms with Crippen LogP contribution in [0.4, 0.5) is 0 Å². The summed E-state index contributed by atoms with van der Waals surface area (Å²) in [4.78, 5) is 37.6. The van der Waals surface area contributed by atoms with E-state index in [0.717, 1.165) is 109 Å². The van der Waals surface area contributed by atoms with E-state index in [0.29, 0.717) is 19.3 Å². The standard InChI is InChI=1S/C48H82O6/c1-4-7-10-13-16-19-21-22-23-24-25-26-28-29-32-35-38-41-47(50)53-44-45(43-52-46(49)40-37-34-31-18-15-12-9-6-3)54-48(51)42-39-36-33-30-27-20-17-14-11-8-5-2/h7,10,14,16-17,19,22-23,25-26,45H,4-6,8-9,11-13,15,18,20-21,24,27-44H2,1-3H3/b10-7-,17-14-,19-16-,23-22-,26-25-. The number of rotatable bonds is 39. The molecule has 0 heterocycles. The first-order chi connectivity index (χ1) is 26.5. The van der Waals surface area contributed by atoms with Gasteiger partial charge in [-0.2, -0.15) is 0 Å². The number of hydrogen-bond acceptors (Lipinski definition) is 6. The molecule has 0 aromatic carbocycles. The lowest BCUT2D eigenvalue weighted by Crippen LogP contribution is -2.30. The van der Waals surface area contributed by atoms with Crippen LogP contribution in [0.1, 0.15) is 207 Å². The Kier molecular flexibility index (Phi) is 40.6. The van der Waals surface area contributed by atoms with Gasteiger partial charge in [-0.05, 0) is 77.0 Å². The largest absolute Gasteiger partial charge is 0.462 e. The molecule has 0 saturated heterocycles. The average molecular weight is 755 g/mol. The first kappa shape index (κ1) is 51.1. The zero-order valence-corrected chi connectivity index (χ0v) is 35.2. The van der Waals surface area contributed by atoms with Crippen molar-refractivity contribution in [1.29, 1.82) is 0 Å². The zero-order valence-electron chi connectivity index (χ0n) is 35.2. The lowest BCUT2D eigenvalue weighted by atomic mass is 10.1. The minimum Gasteiger partial charge on any atom is -0.462 e. The normalized spacial score (nSPS) is 12.6. The topological polar surface area (TPSA) is 78.9 Å². The van der Waals surface area contributed by atoms with Gasteiger partial charge in [-0.1, -0.05) is 171 Å². The molecule has 0 aliphatic rings. The number of allylic oxidation sites excluding steroid dienone is 10. The van der Waals surface area contributed by atoms with E-state index in [9.17, 15) is 14.4 Å². The SMILES string of the molecule is CC/C=C\C/C=C\C/C=C\C/C=C\CCCCCCC(=O)OCC(COC(=O)CCCCCCCCCC)OC(=O)CCCCCCC/C=C\CCCC. The van der Waals surface area contributed by atoms with Gasteiger partial charge in [0.1, 0.15) is 13.2 Å². The molecule has 6 nitrogen and oxygen atoms in total. The Morgan fingerprint density at radius 2 is 0.741 bits per heavy atom. The summed E-state index contributed by atoms with van der Waals surface area (Å²) in [6.07, 6.45) is 50.6. The fraction of sp³-hybridized carbons (Fsp3) is 0.729. The van der Waals surface area contributed by atoms with Crippen molar-refractivity contribution in [1.82, 2.24) is 0 Å². The molecule has 0 aromatic heterocycles. The maximum Gasteiger partial charge on any atom is 0.306 e. The third-order valence-corrected chi connectivity index (χ3v) is 9.26. The minimum atomic E-state index is -0.783. The van der Waals surface area contributed by atoms with Crippen LogP contribution in [0.5, 0.6) is 0 Å². The lowest BCUT2D eigenvalue weighted by Gasteiger charge is -2.18. The summed E-state index contributed by atoms with van der Waals surface area (Å²) in [5, 5.41) is 0. The molecule has 0 spiro atoms. The second kappa shape index (κ2) is 42.8. The van der Waals surface area contributed by atoms with Crippen LogP contribution in [0, 0.1) is 0 Å². The molecule has 0 aliphatic carbocycles. The molecule has 0 radical (unpaired) electrons. The van der Waals surface area contributed by atoms with Crippen LogP contribution in [0.25, 0.3) is 0 Å². The van der Waals surface area contributed by atoms with Crippen LogP contribution in [0.3, 0.4) is 0 Å². The number of esters is 3. The molecule has 0 aromatic rings. The first-order valence-corrected chi connectivity index (χ1v) is 22.3. The highest BCUT2D eigenvalue weighted by molar-refractivity contribution is 5.71. The van der Waals surface area contributed by atoms with Gasteiger partial charge in [0, 0.05) is 19.3 Å². The van der Waals surface area contributed by atoms with Crippen LogP contribution in [-0.2, 0) is 28.6 Å². The molecule has 1 atom stereocenters. The van der Waals surface area contributed by atoms with Gasteiger partial charge in [0.05, 0.1) is 0 Å². The second-order valence-electron chi connectivity index (χ2n) is 14.6. The molecule has 1 unspecified atom stereocenters.